The first-order chi connectivity index (χ1) is 14.5. The Morgan fingerprint density at radius 3 is 2.67 bits per heavy atom. The number of carbonyl (C=O) groups excluding carboxylic acids is 2. The molecule has 2 aromatic rings. The van der Waals surface area contributed by atoms with E-state index in [1.54, 1.807) is 42.5 Å². The molecule has 0 radical (unpaired) electrons. The van der Waals surface area contributed by atoms with Crippen LogP contribution in [0.15, 0.2) is 54.2 Å². The standard InChI is InChI=1S/C22H22ClN3O4/c1-3-4-11-30-22(28)17-7-5-6-8-18(17)26-21(27)15(13-24)14-25-19-12-16(23)9-10-20(19)29-2/h5-10,12,14,25H,3-4,11H2,1-2H3,(H,26,27)/b15-14-. The molecule has 2 rings (SSSR count). The minimum Gasteiger partial charge on any atom is -0.495 e. The minimum atomic E-state index is -0.681. The Kier molecular flexibility index (Phi) is 8.73. The smallest absolute Gasteiger partial charge is 0.340 e. The van der Waals surface area contributed by atoms with Crippen molar-refractivity contribution in [1.29, 1.82) is 5.26 Å². The number of benzene rings is 2. The van der Waals surface area contributed by atoms with Crippen molar-refractivity contribution in [3.8, 4) is 11.8 Å². The average molecular weight is 428 g/mol. The number of esters is 1. The molecule has 0 saturated carbocycles. The van der Waals surface area contributed by atoms with Crippen molar-refractivity contribution in [1.82, 2.24) is 0 Å². The number of unbranched alkanes of at least 4 members (excludes halogenated alkanes) is 1. The lowest BCUT2D eigenvalue weighted by molar-refractivity contribution is -0.112. The van der Waals surface area contributed by atoms with E-state index in [-0.39, 0.29) is 16.8 Å². The fraction of sp³-hybridized carbons (Fsp3) is 0.227. The number of rotatable bonds is 9. The summed E-state index contributed by atoms with van der Waals surface area (Å²) >= 11 is 5.98. The number of para-hydroxylation sites is 1. The summed E-state index contributed by atoms with van der Waals surface area (Å²) in [6, 6.07) is 13.2. The molecule has 0 aromatic heterocycles. The van der Waals surface area contributed by atoms with Gasteiger partial charge in [-0.1, -0.05) is 37.1 Å². The Labute approximate surface area is 180 Å². The molecule has 0 fully saturated rings. The number of nitrogens with one attached hydrogen (secondary N) is 2. The molecule has 30 heavy (non-hydrogen) atoms. The molecule has 0 unspecified atom stereocenters. The van der Waals surface area contributed by atoms with E-state index in [0.29, 0.717) is 23.1 Å². The summed E-state index contributed by atoms with van der Waals surface area (Å²) in [4.78, 5) is 24.9. The summed E-state index contributed by atoms with van der Waals surface area (Å²) in [5.74, 6) is -0.725. The maximum Gasteiger partial charge on any atom is 0.340 e. The number of ether oxygens (including phenoxy) is 2. The van der Waals surface area contributed by atoms with Gasteiger partial charge in [0, 0.05) is 11.2 Å². The van der Waals surface area contributed by atoms with Gasteiger partial charge in [0.1, 0.15) is 17.4 Å². The van der Waals surface area contributed by atoms with E-state index in [4.69, 9.17) is 21.1 Å². The molecule has 1 amide bonds. The van der Waals surface area contributed by atoms with E-state index in [9.17, 15) is 14.9 Å². The molecule has 7 nitrogen and oxygen atoms in total. The lowest BCUT2D eigenvalue weighted by Gasteiger charge is -2.11. The van der Waals surface area contributed by atoms with Gasteiger partial charge in [-0.3, -0.25) is 4.79 Å². The zero-order valence-electron chi connectivity index (χ0n) is 16.7. The molecule has 0 saturated heterocycles. The number of anilines is 2. The maximum absolute atomic E-state index is 12.6. The van der Waals surface area contributed by atoms with Crippen LogP contribution in [0.2, 0.25) is 5.02 Å². The molecule has 2 aromatic carbocycles. The van der Waals surface area contributed by atoms with Gasteiger partial charge >= 0.3 is 5.97 Å². The van der Waals surface area contributed by atoms with Gasteiger partial charge in [0.2, 0.25) is 0 Å². The number of hydrogen-bond donors (Lipinski definition) is 2. The minimum absolute atomic E-state index is 0.203. The normalized spacial score (nSPS) is 10.7. The maximum atomic E-state index is 12.6. The van der Waals surface area contributed by atoms with E-state index in [2.05, 4.69) is 10.6 Å². The summed E-state index contributed by atoms with van der Waals surface area (Å²) in [7, 11) is 1.49. The second-order valence-electron chi connectivity index (χ2n) is 6.15. The third-order valence-electron chi connectivity index (χ3n) is 4.02. The van der Waals surface area contributed by atoms with Crippen molar-refractivity contribution in [2.75, 3.05) is 24.4 Å². The van der Waals surface area contributed by atoms with Crippen molar-refractivity contribution in [3.05, 3.63) is 64.8 Å². The van der Waals surface area contributed by atoms with E-state index in [0.717, 1.165) is 12.8 Å². The highest BCUT2D eigenvalue weighted by Crippen LogP contribution is 2.28. The number of nitriles is 1. The summed E-state index contributed by atoms with van der Waals surface area (Å²) in [6.45, 7) is 2.29. The lowest BCUT2D eigenvalue weighted by atomic mass is 10.1. The van der Waals surface area contributed by atoms with Gasteiger partial charge < -0.3 is 20.1 Å². The second kappa shape index (κ2) is 11.5. The predicted octanol–water partition coefficient (Wildman–Crippen LogP) is 4.76. The number of halogens is 1. The first-order valence-corrected chi connectivity index (χ1v) is 9.65. The highest BCUT2D eigenvalue weighted by atomic mass is 35.5. The van der Waals surface area contributed by atoms with Crippen molar-refractivity contribution >= 4 is 34.9 Å². The van der Waals surface area contributed by atoms with Crippen LogP contribution in [-0.4, -0.2) is 25.6 Å². The Balaban J connectivity index is 2.16. The van der Waals surface area contributed by atoms with Crippen molar-refractivity contribution < 1.29 is 19.1 Å². The first-order valence-electron chi connectivity index (χ1n) is 9.28. The van der Waals surface area contributed by atoms with E-state index >= 15 is 0 Å². The van der Waals surface area contributed by atoms with Crippen molar-refractivity contribution in [3.63, 3.8) is 0 Å². The van der Waals surface area contributed by atoms with Crippen LogP contribution in [0.5, 0.6) is 5.75 Å². The summed E-state index contributed by atoms with van der Waals surface area (Å²) < 4.78 is 10.4. The molecule has 8 heteroatoms. The molecule has 0 spiro atoms. The quantitative estimate of drug-likeness (QED) is 0.259. The zero-order chi connectivity index (χ0) is 21.9. The van der Waals surface area contributed by atoms with E-state index in [1.165, 1.54) is 13.3 Å². The predicted molar refractivity (Wildman–Crippen MR) is 116 cm³/mol. The number of methoxy groups -OCH3 is 1. The largest absolute Gasteiger partial charge is 0.495 e. The number of amides is 1. The molecular formula is C22H22ClN3O4. The Morgan fingerprint density at radius 1 is 1.20 bits per heavy atom. The monoisotopic (exact) mass is 427 g/mol. The van der Waals surface area contributed by atoms with Gasteiger partial charge in [0.25, 0.3) is 5.91 Å². The number of carbonyl (C=O) groups is 2. The van der Waals surface area contributed by atoms with Gasteiger partial charge in [0.15, 0.2) is 0 Å². The second-order valence-corrected chi connectivity index (χ2v) is 6.58. The third kappa shape index (κ3) is 6.26. The van der Waals surface area contributed by atoms with Gasteiger partial charge in [-0.25, -0.2) is 4.79 Å². The fourth-order valence-electron chi connectivity index (χ4n) is 2.44. The Morgan fingerprint density at radius 2 is 1.97 bits per heavy atom. The SMILES string of the molecule is CCCCOC(=O)c1ccccc1NC(=O)/C(C#N)=C\Nc1cc(Cl)ccc1OC. The van der Waals surface area contributed by atoms with Gasteiger partial charge in [-0.05, 0) is 36.8 Å². The van der Waals surface area contributed by atoms with Gasteiger partial charge in [-0.2, -0.15) is 5.26 Å². The van der Waals surface area contributed by atoms with E-state index in [1.807, 2.05) is 13.0 Å². The van der Waals surface area contributed by atoms with Gasteiger partial charge in [0.05, 0.1) is 30.7 Å². The number of hydrogen-bond acceptors (Lipinski definition) is 6. The molecule has 0 atom stereocenters. The fourth-order valence-corrected chi connectivity index (χ4v) is 2.61. The van der Waals surface area contributed by atoms with Crippen LogP contribution in [0.1, 0.15) is 30.1 Å². The summed E-state index contributed by atoms with van der Waals surface area (Å²) in [6.07, 6.45) is 2.89. The van der Waals surface area contributed by atoms with Crippen molar-refractivity contribution in [2.24, 2.45) is 0 Å². The summed E-state index contributed by atoms with van der Waals surface area (Å²) in [5, 5.41) is 15.3. The van der Waals surface area contributed by atoms with Crippen LogP contribution in [-0.2, 0) is 9.53 Å². The van der Waals surface area contributed by atoms with Crippen LogP contribution in [0.25, 0.3) is 0 Å². The molecule has 0 aliphatic carbocycles. The molecule has 2 N–H and O–H groups in total. The molecule has 0 bridgehead atoms. The molecule has 0 aliphatic rings. The molecule has 156 valence electrons. The topological polar surface area (TPSA) is 100 Å². The van der Waals surface area contributed by atoms with Crippen LogP contribution in [0.4, 0.5) is 11.4 Å². The van der Waals surface area contributed by atoms with Crippen LogP contribution in [0, 0.1) is 11.3 Å². The highest BCUT2D eigenvalue weighted by molar-refractivity contribution is 6.31. The van der Waals surface area contributed by atoms with Crippen LogP contribution in [0.3, 0.4) is 0 Å². The van der Waals surface area contributed by atoms with Crippen LogP contribution >= 0.6 is 11.6 Å². The molecule has 0 heterocycles. The number of nitrogens with zero attached hydrogens (tertiary/aromatic N) is 1. The highest BCUT2D eigenvalue weighted by Gasteiger charge is 2.16. The van der Waals surface area contributed by atoms with E-state index < -0.39 is 11.9 Å². The Bertz CT molecular complexity index is 983. The zero-order valence-corrected chi connectivity index (χ0v) is 17.5. The summed E-state index contributed by atoms with van der Waals surface area (Å²) in [5.41, 5.74) is 0.755. The van der Waals surface area contributed by atoms with Gasteiger partial charge in [-0.15, -0.1) is 0 Å². The molecule has 0 aliphatic heterocycles. The Hall–Kier alpha value is -3.50. The molecular weight excluding hydrogens is 406 g/mol. The third-order valence-corrected chi connectivity index (χ3v) is 4.26. The van der Waals surface area contributed by atoms with Crippen molar-refractivity contribution in [2.45, 2.75) is 19.8 Å². The first kappa shape index (κ1) is 22.8. The lowest BCUT2D eigenvalue weighted by Crippen LogP contribution is -2.18. The average Bonchev–Trinajstić information content (AvgIpc) is 2.74. The van der Waals surface area contributed by atoms with Crippen LogP contribution < -0.4 is 15.4 Å².